The van der Waals surface area contributed by atoms with E-state index >= 15 is 0 Å². The Labute approximate surface area is 94.3 Å². The summed E-state index contributed by atoms with van der Waals surface area (Å²) in [5, 5.41) is 21.9. The number of hydrogen-bond donors (Lipinski definition) is 4. The molecule has 0 saturated carbocycles. The highest BCUT2D eigenvalue weighted by molar-refractivity contribution is 6.02. The lowest BCUT2D eigenvalue weighted by Crippen LogP contribution is -2.38. The van der Waals surface area contributed by atoms with Gasteiger partial charge in [0.2, 0.25) is 5.96 Å². The molecule has 0 aliphatic rings. The van der Waals surface area contributed by atoms with Gasteiger partial charge >= 0.3 is 6.03 Å². The van der Waals surface area contributed by atoms with Crippen molar-refractivity contribution in [3.8, 4) is 0 Å². The molecule has 0 radical (unpaired) electrons. The number of nitro groups is 1. The second-order valence-electron chi connectivity index (χ2n) is 2.91. The molecule has 90 valence electrons. The first-order valence-corrected chi connectivity index (χ1v) is 4.26. The maximum atomic E-state index is 12.8. The number of guanidine groups is 1. The van der Waals surface area contributed by atoms with Gasteiger partial charge in [-0.2, -0.15) is 0 Å². The van der Waals surface area contributed by atoms with Gasteiger partial charge < -0.3 is 11.1 Å². The number of nitrogens with two attached hydrogens (primary N) is 1. The lowest BCUT2D eigenvalue weighted by Gasteiger charge is -2.07. The molecular weight excluding hydrogens is 233 g/mol. The minimum atomic E-state index is -0.993. The summed E-state index contributed by atoms with van der Waals surface area (Å²) in [6, 6.07) is 1.75. The van der Waals surface area contributed by atoms with Crippen LogP contribution in [0.3, 0.4) is 0 Å². The van der Waals surface area contributed by atoms with Gasteiger partial charge in [0.15, 0.2) is 0 Å². The monoisotopic (exact) mass is 241 g/mol. The largest absolute Gasteiger partial charge is 0.351 e. The summed E-state index contributed by atoms with van der Waals surface area (Å²) in [5.41, 5.74) is 4.06. The van der Waals surface area contributed by atoms with Crippen LogP contribution in [0.2, 0.25) is 0 Å². The summed E-state index contributed by atoms with van der Waals surface area (Å²) in [4.78, 5) is 20.2. The number of urea groups is 1. The Morgan fingerprint density at radius 3 is 2.71 bits per heavy atom. The quantitative estimate of drug-likeness (QED) is 0.263. The lowest BCUT2D eigenvalue weighted by atomic mass is 10.2. The third-order valence-electron chi connectivity index (χ3n) is 1.66. The van der Waals surface area contributed by atoms with Crippen molar-refractivity contribution in [2.75, 3.05) is 5.32 Å². The van der Waals surface area contributed by atoms with Crippen molar-refractivity contribution in [3.63, 3.8) is 0 Å². The SMILES string of the molecule is N=C(NC(N)=O)Nc1ccc(F)cc1[N+](=O)[O-]. The molecule has 1 rings (SSSR count). The van der Waals surface area contributed by atoms with Crippen LogP contribution >= 0.6 is 0 Å². The van der Waals surface area contributed by atoms with Crippen molar-refractivity contribution in [1.29, 1.82) is 5.41 Å². The van der Waals surface area contributed by atoms with Crippen molar-refractivity contribution in [3.05, 3.63) is 34.1 Å². The van der Waals surface area contributed by atoms with Gasteiger partial charge in [-0.3, -0.25) is 20.8 Å². The van der Waals surface area contributed by atoms with Crippen LogP contribution < -0.4 is 16.4 Å². The van der Waals surface area contributed by atoms with Crippen LogP contribution in [0.1, 0.15) is 0 Å². The Kier molecular flexibility index (Phi) is 3.55. The van der Waals surface area contributed by atoms with E-state index < -0.39 is 28.4 Å². The minimum Gasteiger partial charge on any atom is -0.351 e. The molecule has 0 fully saturated rings. The number of nitro benzene ring substituents is 1. The van der Waals surface area contributed by atoms with Gasteiger partial charge in [-0.1, -0.05) is 0 Å². The molecule has 17 heavy (non-hydrogen) atoms. The highest BCUT2D eigenvalue weighted by Crippen LogP contribution is 2.24. The Balaban J connectivity index is 2.94. The van der Waals surface area contributed by atoms with Gasteiger partial charge in [0.25, 0.3) is 5.69 Å². The molecule has 0 aromatic heterocycles. The molecule has 0 atom stereocenters. The zero-order valence-corrected chi connectivity index (χ0v) is 8.36. The van der Waals surface area contributed by atoms with Crippen LogP contribution in [0.15, 0.2) is 18.2 Å². The van der Waals surface area contributed by atoms with E-state index in [1.54, 1.807) is 0 Å². The highest BCUT2D eigenvalue weighted by atomic mass is 19.1. The molecule has 9 heteroatoms. The van der Waals surface area contributed by atoms with Crippen LogP contribution in [-0.4, -0.2) is 16.9 Å². The number of anilines is 1. The fourth-order valence-electron chi connectivity index (χ4n) is 1.05. The molecule has 0 spiro atoms. The second-order valence-corrected chi connectivity index (χ2v) is 2.91. The fraction of sp³-hybridized carbons (Fsp3) is 0. The number of hydrogen-bond acceptors (Lipinski definition) is 4. The molecule has 8 nitrogen and oxygen atoms in total. The van der Waals surface area contributed by atoms with E-state index in [9.17, 15) is 19.3 Å². The standard InChI is InChI=1S/C8H8FN5O3/c9-4-1-2-5(6(3-4)14(16)17)12-7(10)13-8(11)15/h1-3H,(H5,10,11,12,13,15). The summed E-state index contributed by atoms with van der Waals surface area (Å²) in [7, 11) is 0. The number of nitrogens with zero attached hydrogens (tertiary/aromatic N) is 1. The summed E-state index contributed by atoms with van der Waals surface area (Å²) >= 11 is 0. The zero-order valence-electron chi connectivity index (χ0n) is 8.36. The van der Waals surface area contributed by atoms with E-state index in [-0.39, 0.29) is 5.69 Å². The number of amides is 2. The Morgan fingerprint density at radius 1 is 1.53 bits per heavy atom. The van der Waals surface area contributed by atoms with E-state index in [1.807, 2.05) is 5.32 Å². The van der Waals surface area contributed by atoms with Crippen LogP contribution in [-0.2, 0) is 0 Å². The molecule has 0 aliphatic heterocycles. The molecule has 1 aromatic rings. The summed E-state index contributed by atoms with van der Waals surface area (Å²) in [6.45, 7) is 0. The smallest absolute Gasteiger partial charge is 0.318 e. The van der Waals surface area contributed by atoms with E-state index in [0.29, 0.717) is 6.07 Å². The van der Waals surface area contributed by atoms with Gasteiger partial charge in [-0.25, -0.2) is 9.18 Å². The predicted octanol–water partition coefficient (Wildman–Crippen LogP) is 0.749. The fourth-order valence-corrected chi connectivity index (χ4v) is 1.05. The van der Waals surface area contributed by atoms with Crippen molar-refractivity contribution >= 4 is 23.4 Å². The first-order chi connectivity index (χ1) is 7.90. The van der Waals surface area contributed by atoms with E-state index in [1.165, 1.54) is 0 Å². The first-order valence-electron chi connectivity index (χ1n) is 4.26. The molecule has 0 saturated heterocycles. The van der Waals surface area contributed by atoms with Crippen molar-refractivity contribution in [2.24, 2.45) is 5.73 Å². The van der Waals surface area contributed by atoms with Gasteiger partial charge in [-0.05, 0) is 12.1 Å². The Morgan fingerprint density at radius 2 is 2.18 bits per heavy atom. The molecule has 5 N–H and O–H groups in total. The first kappa shape index (κ1) is 12.4. The predicted molar refractivity (Wildman–Crippen MR) is 57.1 cm³/mol. The van der Waals surface area contributed by atoms with Crippen LogP contribution in [0, 0.1) is 21.3 Å². The average Bonchev–Trinajstić information content (AvgIpc) is 2.19. The molecule has 0 bridgehead atoms. The van der Waals surface area contributed by atoms with Gasteiger partial charge in [0.1, 0.15) is 11.5 Å². The molecule has 0 unspecified atom stereocenters. The summed E-state index contributed by atoms with van der Waals surface area (Å²) < 4.78 is 12.8. The topological polar surface area (TPSA) is 134 Å². The zero-order chi connectivity index (χ0) is 13.0. The molecule has 1 aromatic carbocycles. The lowest BCUT2D eigenvalue weighted by molar-refractivity contribution is -0.384. The second kappa shape index (κ2) is 4.88. The van der Waals surface area contributed by atoms with Crippen LogP contribution in [0.4, 0.5) is 20.6 Å². The number of benzene rings is 1. The van der Waals surface area contributed by atoms with Crippen molar-refractivity contribution < 1.29 is 14.1 Å². The van der Waals surface area contributed by atoms with E-state index in [2.05, 4.69) is 5.32 Å². The number of nitrogens with one attached hydrogen (secondary N) is 3. The minimum absolute atomic E-state index is 0.129. The molecule has 2 amide bonds. The maximum Gasteiger partial charge on any atom is 0.318 e. The summed E-state index contributed by atoms with van der Waals surface area (Å²) in [6.07, 6.45) is 0. The summed E-state index contributed by atoms with van der Waals surface area (Å²) in [5.74, 6) is -1.33. The maximum absolute atomic E-state index is 12.8. The van der Waals surface area contributed by atoms with Gasteiger partial charge in [-0.15, -0.1) is 0 Å². The number of halogens is 1. The molecular formula is C8H8FN5O3. The van der Waals surface area contributed by atoms with Crippen LogP contribution in [0.25, 0.3) is 0 Å². The van der Waals surface area contributed by atoms with Crippen molar-refractivity contribution in [1.82, 2.24) is 5.32 Å². The third kappa shape index (κ3) is 3.41. The highest BCUT2D eigenvalue weighted by Gasteiger charge is 2.16. The van der Waals surface area contributed by atoms with Gasteiger partial charge in [0.05, 0.1) is 11.0 Å². The average molecular weight is 241 g/mol. The van der Waals surface area contributed by atoms with E-state index in [4.69, 9.17) is 11.1 Å². The Hall–Kier alpha value is -2.71. The number of carbonyl (C=O) groups excluding carboxylic acids is 1. The number of primary amides is 1. The number of carbonyl (C=O) groups is 1. The molecule has 0 aliphatic carbocycles. The van der Waals surface area contributed by atoms with Crippen molar-refractivity contribution in [2.45, 2.75) is 0 Å². The van der Waals surface area contributed by atoms with Crippen LogP contribution in [0.5, 0.6) is 0 Å². The van der Waals surface area contributed by atoms with E-state index in [0.717, 1.165) is 12.1 Å². The number of rotatable bonds is 2. The Bertz CT molecular complexity index is 490. The normalized spacial score (nSPS) is 9.47. The van der Waals surface area contributed by atoms with Gasteiger partial charge in [0, 0.05) is 0 Å². The third-order valence-corrected chi connectivity index (χ3v) is 1.66. The molecule has 0 heterocycles.